The number of benzene rings is 1. The lowest BCUT2D eigenvalue weighted by molar-refractivity contribution is -0.136. The Kier molecular flexibility index (Phi) is 4.00. The maximum absolute atomic E-state index is 11.0. The number of aromatic nitrogens is 1. The fourth-order valence-electron chi connectivity index (χ4n) is 2.03. The normalized spacial score (nSPS) is 12.4. The van der Waals surface area contributed by atoms with Crippen LogP contribution in [0.1, 0.15) is 18.3 Å². The van der Waals surface area contributed by atoms with Gasteiger partial charge in [-0.1, -0.05) is 12.1 Å². The fraction of sp³-hybridized carbons (Fsp3) is 0.267. The summed E-state index contributed by atoms with van der Waals surface area (Å²) in [6, 6.07) is 12.0. The minimum Gasteiger partial charge on any atom is -0.480 e. The first-order chi connectivity index (χ1) is 9.00. The Morgan fingerprint density at radius 3 is 2.32 bits per heavy atom. The summed E-state index contributed by atoms with van der Waals surface area (Å²) in [5.74, 6) is -0.791. The molecule has 0 aliphatic rings. The van der Waals surface area contributed by atoms with Gasteiger partial charge in [-0.05, 0) is 45.0 Å². The van der Waals surface area contributed by atoms with Crippen LogP contribution < -0.4 is 0 Å². The van der Waals surface area contributed by atoms with Crippen LogP contribution in [0.25, 0.3) is 5.69 Å². The molecule has 1 aromatic heterocycles. The van der Waals surface area contributed by atoms with Crippen molar-refractivity contribution in [1.82, 2.24) is 4.57 Å². The second-order valence-electron chi connectivity index (χ2n) is 4.52. The third kappa shape index (κ3) is 2.84. The Labute approximate surface area is 117 Å². The zero-order chi connectivity index (χ0) is 14.0. The fourth-order valence-corrected chi connectivity index (χ4v) is 2.95. The van der Waals surface area contributed by atoms with Crippen LogP contribution in [-0.2, 0) is 4.79 Å². The van der Waals surface area contributed by atoms with Crippen molar-refractivity contribution in [2.24, 2.45) is 0 Å². The molecule has 1 aromatic carbocycles. The lowest BCUT2D eigenvalue weighted by atomic mass is 10.3. The summed E-state index contributed by atoms with van der Waals surface area (Å²) in [7, 11) is 0. The van der Waals surface area contributed by atoms with Gasteiger partial charge in [0.25, 0.3) is 0 Å². The molecule has 2 aromatic rings. The molecule has 3 nitrogen and oxygen atoms in total. The molecule has 100 valence electrons. The first-order valence-electron chi connectivity index (χ1n) is 6.14. The number of aliphatic carboxylic acids is 1. The van der Waals surface area contributed by atoms with Crippen LogP contribution in [-0.4, -0.2) is 20.9 Å². The maximum Gasteiger partial charge on any atom is 0.316 e. The summed E-state index contributed by atoms with van der Waals surface area (Å²) < 4.78 is 2.15. The van der Waals surface area contributed by atoms with E-state index in [4.69, 9.17) is 5.11 Å². The van der Waals surface area contributed by atoms with Crippen LogP contribution in [0.3, 0.4) is 0 Å². The van der Waals surface area contributed by atoms with E-state index >= 15 is 0 Å². The van der Waals surface area contributed by atoms with Crippen molar-refractivity contribution in [1.29, 1.82) is 0 Å². The van der Waals surface area contributed by atoms with E-state index in [1.54, 1.807) is 6.92 Å². The highest BCUT2D eigenvalue weighted by Crippen LogP contribution is 2.31. The van der Waals surface area contributed by atoms with Gasteiger partial charge in [0, 0.05) is 16.3 Å². The minimum atomic E-state index is -0.791. The minimum absolute atomic E-state index is 0.461. The second-order valence-corrected chi connectivity index (χ2v) is 5.90. The van der Waals surface area contributed by atoms with E-state index in [1.807, 2.05) is 24.3 Å². The third-order valence-electron chi connectivity index (χ3n) is 3.03. The van der Waals surface area contributed by atoms with Crippen LogP contribution in [0.2, 0.25) is 0 Å². The number of carbonyl (C=O) groups is 1. The highest BCUT2D eigenvalue weighted by molar-refractivity contribution is 8.00. The van der Waals surface area contributed by atoms with E-state index in [-0.39, 0.29) is 0 Å². The smallest absolute Gasteiger partial charge is 0.316 e. The number of carboxylic acid groups (broad SMARTS) is 1. The predicted octanol–water partition coefficient (Wildman–Crippen LogP) is 3.66. The molecule has 0 saturated heterocycles. The molecule has 1 heterocycles. The van der Waals surface area contributed by atoms with Gasteiger partial charge in [-0.2, -0.15) is 0 Å². The highest BCUT2D eigenvalue weighted by Gasteiger charge is 2.16. The van der Waals surface area contributed by atoms with Gasteiger partial charge in [0.15, 0.2) is 0 Å². The van der Waals surface area contributed by atoms with E-state index in [0.29, 0.717) is 0 Å². The van der Waals surface area contributed by atoms with Gasteiger partial charge in [-0.25, -0.2) is 0 Å². The molecule has 1 unspecified atom stereocenters. The van der Waals surface area contributed by atoms with Gasteiger partial charge in [-0.3, -0.25) is 4.79 Å². The molecule has 0 bridgehead atoms. The molecular weight excluding hydrogens is 258 g/mol. The average molecular weight is 275 g/mol. The number of carboxylic acids is 1. The van der Waals surface area contributed by atoms with E-state index in [1.165, 1.54) is 11.8 Å². The number of thioether (sulfide) groups is 1. The van der Waals surface area contributed by atoms with Crippen LogP contribution in [0.5, 0.6) is 0 Å². The first-order valence-corrected chi connectivity index (χ1v) is 7.02. The van der Waals surface area contributed by atoms with Crippen molar-refractivity contribution in [2.75, 3.05) is 0 Å². The Hall–Kier alpha value is -1.68. The molecule has 0 saturated carbocycles. The molecule has 0 fully saturated rings. The number of nitrogens with zero attached hydrogens (tertiary/aromatic N) is 1. The van der Waals surface area contributed by atoms with Crippen LogP contribution in [0.4, 0.5) is 0 Å². The van der Waals surface area contributed by atoms with Crippen LogP contribution in [0.15, 0.2) is 41.3 Å². The number of rotatable bonds is 4. The molecule has 1 N–H and O–H groups in total. The Morgan fingerprint density at radius 2 is 1.74 bits per heavy atom. The van der Waals surface area contributed by atoms with Crippen molar-refractivity contribution >= 4 is 17.7 Å². The average Bonchev–Trinajstić information content (AvgIpc) is 2.70. The Balaban J connectivity index is 2.45. The predicted molar refractivity (Wildman–Crippen MR) is 78.2 cm³/mol. The van der Waals surface area contributed by atoms with Crippen LogP contribution >= 0.6 is 11.8 Å². The van der Waals surface area contributed by atoms with E-state index in [2.05, 4.69) is 30.5 Å². The molecular formula is C15H17NO2S. The van der Waals surface area contributed by atoms with Crippen molar-refractivity contribution in [3.05, 3.63) is 47.8 Å². The number of para-hydroxylation sites is 1. The summed E-state index contributed by atoms with van der Waals surface area (Å²) in [4.78, 5) is 12.0. The summed E-state index contributed by atoms with van der Waals surface area (Å²) in [5.41, 5.74) is 3.34. The second kappa shape index (κ2) is 5.53. The van der Waals surface area contributed by atoms with E-state index in [0.717, 1.165) is 22.0 Å². The Morgan fingerprint density at radius 1 is 1.16 bits per heavy atom. The lowest BCUT2D eigenvalue weighted by Crippen LogP contribution is -2.12. The Bertz CT molecular complexity index is 584. The van der Waals surface area contributed by atoms with Crippen molar-refractivity contribution < 1.29 is 9.90 Å². The van der Waals surface area contributed by atoms with Gasteiger partial charge >= 0.3 is 5.97 Å². The lowest BCUT2D eigenvalue weighted by Gasteiger charge is -2.15. The summed E-state index contributed by atoms with van der Waals surface area (Å²) in [6.07, 6.45) is 0. The van der Waals surface area contributed by atoms with Crippen molar-refractivity contribution in [2.45, 2.75) is 30.9 Å². The number of hydrogen-bond donors (Lipinski definition) is 1. The number of hydrogen-bond acceptors (Lipinski definition) is 2. The molecule has 19 heavy (non-hydrogen) atoms. The molecule has 4 heteroatoms. The standard InChI is InChI=1S/C15H17NO2S/c1-10-8-9-11(2)16(10)13-6-4-5-7-14(13)19-12(3)15(17)18/h4-9,12H,1-3H3,(H,17,18). The largest absolute Gasteiger partial charge is 0.480 e. The molecule has 0 aliphatic carbocycles. The monoisotopic (exact) mass is 275 g/mol. The summed E-state index contributed by atoms with van der Waals surface area (Å²) >= 11 is 1.37. The van der Waals surface area contributed by atoms with Crippen molar-refractivity contribution in [3.63, 3.8) is 0 Å². The third-order valence-corrected chi connectivity index (χ3v) is 4.18. The van der Waals surface area contributed by atoms with Gasteiger partial charge in [-0.15, -0.1) is 11.8 Å². The van der Waals surface area contributed by atoms with Gasteiger partial charge in [0.05, 0.1) is 5.69 Å². The summed E-state index contributed by atoms with van der Waals surface area (Å²) in [5, 5.41) is 8.59. The van der Waals surface area contributed by atoms with Crippen LogP contribution in [0, 0.1) is 13.8 Å². The van der Waals surface area contributed by atoms with Crippen molar-refractivity contribution in [3.8, 4) is 5.69 Å². The van der Waals surface area contributed by atoms with Gasteiger partial charge in [0.2, 0.25) is 0 Å². The zero-order valence-electron chi connectivity index (χ0n) is 11.3. The molecule has 0 amide bonds. The zero-order valence-corrected chi connectivity index (χ0v) is 12.1. The molecule has 0 aliphatic heterocycles. The topological polar surface area (TPSA) is 42.2 Å². The quantitative estimate of drug-likeness (QED) is 0.866. The molecule has 0 radical (unpaired) electrons. The van der Waals surface area contributed by atoms with E-state index < -0.39 is 11.2 Å². The summed E-state index contributed by atoms with van der Waals surface area (Å²) in [6.45, 7) is 5.81. The SMILES string of the molecule is Cc1ccc(C)n1-c1ccccc1SC(C)C(=O)O. The van der Waals surface area contributed by atoms with E-state index in [9.17, 15) is 4.79 Å². The van der Waals surface area contributed by atoms with Gasteiger partial charge in [0.1, 0.15) is 5.25 Å². The first kappa shape index (κ1) is 13.7. The number of aryl methyl sites for hydroxylation is 2. The highest BCUT2D eigenvalue weighted by atomic mass is 32.2. The molecule has 2 rings (SSSR count). The maximum atomic E-state index is 11.0. The van der Waals surface area contributed by atoms with Gasteiger partial charge < -0.3 is 9.67 Å². The molecule has 1 atom stereocenters. The molecule has 0 spiro atoms.